The first kappa shape index (κ1) is 11.8. The van der Waals surface area contributed by atoms with E-state index in [-0.39, 0.29) is 5.91 Å². The zero-order chi connectivity index (χ0) is 12.7. The largest absolute Gasteiger partial charge is 0.278 e. The van der Waals surface area contributed by atoms with Crippen molar-refractivity contribution in [3.8, 4) is 0 Å². The smallest absolute Gasteiger partial charge is 0.236 e. The molecule has 0 unspecified atom stereocenters. The number of para-hydroxylation sites is 2. The molecule has 3 rings (SSSR count). The van der Waals surface area contributed by atoms with Crippen molar-refractivity contribution in [2.24, 2.45) is 0 Å². The Hall–Kier alpha value is -1.32. The maximum atomic E-state index is 12.2. The third-order valence-electron chi connectivity index (χ3n) is 2.98. The minimum Gasteiger partial charge on any atom is -0.278 e. The lowest BCUT2D eigenvalue weighted by Gasteiger charge is -2.20. The summed E-state index contributed by atoms with van der Waals surface area (Å²) in [5, 5.41) is 0.564. The van der Waals surface area contributed by atoms with E-state index in [1.54, 1.807) is 11.0 Å². The first-order valence-corrected chi connectivity index (χ1v) is 6.70. The monoisotopic (exact) mass is 321 g/mol. The average molecular weight is 323 g/mol. The van der Waals surface area contributed by atoms with Crippen molar-refractivity contribution in [1.82, 2.24) is 0 Å². The number of hydrogen-bond acceptors (Lipinski definition) is 1. The summed E-state index contributed by atoms with van der Waals surface area (Å²) in [5.74, 6) is 0.0463. The Morgan fingerprint density at radius 2 is 1.89 bits per heavy atom. The Balaban J connectivity index is 2.21. The molecule has 1 aliphatic heterocycles. The summed E-state index contributed by atoms with van der Waals surface area (Å²) >= 11 is 9.68. The molecule has 2 aromatic carbocycles. The second kappa shape index (κ2) is 4.41. The SMILES string of the molecule is O=C1Cc2ccccc2N1c1c(Cl)cccc1Br. The van der Waals surface area contributed by atoms with E-state index >= 15 is 0 Å². The Morgan fingerprint density at radius 3 is 2.67 bits per heavy atom. The normalized spacial score (nSPS) is 13.9. The highest BCUT2D eigenvalue weighted by Gasteiger charge is 2.30. The van der Waals surface area contributed by atoms with Crippen molar-refractivity contribution < 1.29 is 4.79 Å². The minimum absolute atomic E-state index is 0.0463. The van der Waals surface area contributed by atoms with Gasteiger partial charge in [0.05, 0.1) is 22.8 Å². The molecule has 0 spiro atoms. The number of halogens is 2. The van der Waals surface area contributed by atoms with Gasteiger partial charge in [0.15, 0.2) is 0 Å². The molecule has 2 nitrogen and oxygen atoms in total. The van der Waals surface area contributed by atoms with Crippen LogP contribution in [0.3, 0.4) is 0 Å². The van der Waals surface area contributed by atoms with Crippen LogP contribution in [0.2, 0.25) is 5.02 Å². The number of anilines is 2. The summed E-state index contributed by atoms with van der Waals surface area (Å²) in [5.41, 5.74) is 2.67. The fourth-order valence-electron chi connectivity index (χ4n) is 2.20. The molecule has 0 radical (unpaired) electrons. The van der Waals surface area contributed by atoms with E-state index < -0.39 is 0 Å². The molecular formula is C14H9BrClNO. The predicted octanol–water partition coefficient (Wildman–Crippen LogP) is 4.32. The Labute approximate surface area is 118 Å². The van der Waals surface area contributed by atoms with E-state index in [0.717, 1.165) is 15.7 Å². The van der Waals surface area contributed by atoms with Crippen LogP contribution in [0.4, 0.5) is 11.4 Å². The molecule has 90 valence electrons. The van der Waals surface area contributed by atoms with Gasteiger partial charge in [0.1, 0.15) is 0 Å². The lowest BCUT2D eigenvalue weighted by atomic mass is 10.2. The summed E-state index contributed by atoms with van der Waals surface area (Å²) in [7, 11) is 0. The fraction of sp³-hybridized carbons (Fsp3) is 0.0714. The quantitative estimate of drug-likeness (QED) is 0.765. The van der Waals surface area contributed by atoms with Gasteiger partial charge in [-0.15, -0.1) is 0 Å². The zero-order valence-electron chi connectivity index (χ0n) is 9.36. The molecule has 0 atom stereocenters. The van der Waals surface area contributed by atoms with Crippen molar-refractivity contribution in [2.75, 3.05) is 4.90 Å². The molecule has 0 N–H and O–H groups in total. The van der Waals surface area contributed by atoms with Crippen LogP contribution in [0.25, 0.3) is 0 Å². The van der Waals surface area contributed by atoms with Crippen molar-refractivity contribution >= 4 is 44.8 Å². The molecule has 0 saturated heterocycles. The van der Waals surface area contributed by atoms with Crippen LogP contribution < -0.4 is 4.90 Å². The number of hydrogen-bond donors (Lipinski definition) is 0. The van der Waals surface area contributed by atoms with Gasteiger partial charge in [-0.1, -0.05) is 35.9 Å². The molecule has 0 saturated carbocycles. The average Bonchev–Trinajstić information content (AvgIpc) is 2.66. The van der Waals surface area contributed by atoms with Crippen molar-refractivity contribution in [3.63, 3.8) is 0 Å². The van der Waals surface area contributed by atoms with Crippen LogP contribution in [0.1, 0.15) is 5.56 Å². The number of carbonyl (C=O) groups is 1. The third-order valence-corrected chi connectivity index (χ3v) is 3.93. The highest BCUT2D eigenvalue weighted by atomic mass is 79.9. The molecule has 1 heterocycles. The third kappa shape index (κ3) is 1.74. The predicted molar refractivity (Wildman–Crippen MR) is 76.4 cm³/mol. The van der Waals surface area contributed by atoms with Gasteiger partial charge in [-0.05, 0) is 39.7 Å². The minimum atomic E-state index is 0.0463. The Bertz CT molecular complexity index is 621. The van der Waals surface area contributed by atoms with Crippen LogP contribution in [0.15, 0.2) is 46.9 Å². The number of benzene rings is 2. The molecule has 18 heavy (non-hydrogen) atoms. The van der Waals surface area contributed by atoms with E-state index in [2.05, 4.69) is 15.9 Å². The standard InChI is InChI=1S/C14H9BrClNO/c15-10-5-3-6-11(16)14(10)17-12-7-2-1-4-9(12)8-13(17)18/h1-7H,8H2. The molecule has 0 fully saturated rings. The number of fused-ring (bicyclic) bond motifs is 1. The fourth-order valence-corrected chi connectivity index (χ4v) is 3.12. The zero-order valence-corrected chi connectivity index (χ0v) is 11.7. The Kier molecular flexibility index (Phi) is 2.88. The van der Waals surface area contributed by atoms with Gasteiger partial charge in [0.2, 0.25) is 5.91 Å². The van der Waals surface area contributed by atoms with Crippen LogP contribution in [0.5, 0.6) is 0 Å². The van der Waals surface area contributed by atoms with Gasteiger partial charge >= 0.3 is 0 Å². The molecular weight excluding hydrogens is 314 g/mol. The maximum Gasteiger partial charge on any atom is 0.236 e. The second-order valence-corrected chi connectivity index (χ2v) is 5.37. The van der Waals surface area contributed by atoms with E-state index in [1.165, 1.54) is 0 Å². The number of rotatable bonds is 1. The van der Waals surface area contributed by atoms with Gasteiger partial charge in [-0.3, -0.25) is 9.69 Å². The molecule has 2 aromatic rings. The topological polar surface area (TPSA) is 20.3 Å². The summed E-state index contributed by atoms with van der Waals surface area (Å²) in [6.07, 6.45) is 0.424. The van der Waals surface area contributed by atoms with Crippen molar-refractivity contribution in [2.45, 2.75) is 6.42 Å². The van der Waals surface area contributed by atoms with E-state index in [9.17, 15) is 4.79 Å². The van der Waals surface area contributed by atoms with Gasteiger partial charge in [-0.25, -0.2) is 0 Å². The van der Waals surface area contributed by atoms with E-state index in [4.69, 9.17) is 11.6 Å². The van der Waals surface area contributed by atoms with Gasteiger partial charge in [0.25, 0.3) is 0 Å². The van der Waals surface area contributed by atoms with Crippen LogP contribution in [0, 0.1) is 0 Å². The van der Waals surface area contributed by atoms with E-state index in [0.29, 0.717) is 17.1 Å². The maximum absolute atomic E-state index is 12.2. The van der Waals surface area contributed by atoms with Crippen molar-refractivity contribution in [3.05, 3.63) is 57.5 Å². The summed E-state index contributed by atoms with van der Waals surface area (Å²) in [6, 6.07) is 13.3. The first-order valence-electron chi connectivity index (χ1n) is 5.53. The highest BCUT2D eigenvalue weighted by molar-refractivity contribution is 9.10. The number of carbonyl (C=O) groups excluding carboxylic acids is 1. The van der Waals surface area contributed by atoms with Gasteiger partial charge in [0, 0.05) is 4.47 Å². The first-order chi connectivity index (χ1) is 8.68. The van der Waals surface area contributed by atoms with Crippen LogP contribution >= 0.6 is 27.5 Å². The molecule has 0 bridgehead atoms. The number of nitrogens with zero attached hydrogens (tertiary/aromatic N) is 1. The van der Waals surface area contributed by atoms with Gasteiger partial charge < -0.3 is 0 Å². The number of amides is 1. The summed E-state index contributed by atoms with van der Waals surface area (Å²) in [4.78, 5) is 13.9. The lowest BCUT2D eigenvalue weighted by Crippen LogP contribution is -2.21. The molecule has 0 aromatic heterocycles. The highest BCUT2D eigenvalue weighted by Crippen LogP contribution is 2.42. The summed E-state index contributed by atoms with van der Waals surface area (Å²) < 4.78 is 0.819. The van der Waals surface area contributed by atoms with Gasteiger partial charge in [-0.2, -0.15) is 0 Å². The molecule has 1 amide bonds. The summed E-state index contributed by atoms with van der Waals surface area (Å²) in [6.45, 7) is 0. The van der Waals surface area contributed by atoms with Crippen LogP contribution in [-0.4, -0.2) is 5.91 Å². The lowest BCUT2D eigenvalue weighted by molar-refractivity contribution is -0.116. The van der Waals surface area contributed by atoms with Crippen LogP contribution in [-0.2, 0) is 11.2 Å². The van der Waals surface area contributed by atoms with E-state index in [1.807, 2.05) is 36.4 Å². The molecule has 0 aliphatic carbocycles. The molecule has 4 heteroatoms. The molecule has 1 aliphatic rings. The Morgan fingerprint density at radius 1 is 1.11 bits per heavy atom. The van der Waals surface area contributed by atoms with Crippen molar-refractivity contribution in [1.29, 1.82) is 0 Å². The second-order valence-electron chi connectivity index (χ2n) is 4.10.